The van der Waals surface area contributed by atoms with Crippen LogP contribution in [0, 0.1) is 6.92 Å². The van der Waals surface area contributed by atoms with E-state index in [1.807, 2.05) is 13.1 Å². The summed E-state index contributed by atoms with van der Waals surface area (Å²) in [4.78, 5) is 5.14. The lowest BCUT2D eigenvalue weighted by Gasteiger charge is -2.32. The molecule has 112 valence electrons. The standard InChI is InChI=1S/C13H22N4O2S/c1-11-9-12(10-14)3-4-13(11)20(18,19)15-17-7-5-16(2)6-8-17/h3-4,9,15H,5-8,10,14H2,1-2H3. The lowest BCUT2D eigenvalue weighted by atomic mass is 10.1. The van der Waals surface area contributed by atoms with Crippen LogP contribution < -0.4 is 10.6 Å². The Morgan fingerprint density at radius 1 is 1.25 bits per heavy atom. The maximum absolute atomic E-state index is 12.4. The third-order valence-corrected chi connectivity index (χ3v) is 5.05. The molecular formula is C13H22N4O2S. The SMILES string of the molecule is Cc1cc(CN)ccc1S(=O)(=O)NN1CCN(C)CC1. The average Bonchev–Trinajstić information content (AvgIpc) is 2.40. The summed E-state index contributed by atoms with van der Waals surface area (Å²) in [6.45, 7) is 5.29. The Balaban J connectivity index is 2.14. The normalized spacial score (nSPS) is 18.4. The van der Waals surface area contributed by atoms with Crippen molar-refractivity contribution < 1.29 is 8.42 Å². The third kappa shape index (κ3) is 3.56. The van der Waals surface area contributed by atoms with Gasteiger partial charge in [0, 0.05) is 32.7 Å². The van der Waals surface area contributed by atoms with Gasteiger partial charge in [-0.3, -0.25) is 0 Å². The number of nitrogens with one attached hydrogen (secondary N) is 1. The molecule has 0 atom stereocenters. The predicted octanol–water partition coefficient (Wildman–Crippen LogP) is -0.106. The van der Waals surface area contributed by atoms with Gasteiger partial charge in [0.15, 0.2) is 0 Å². The monoisotopic (exact) mass is 298 g/mol. The number of sulfonamides is 1. The fourth-order valence-electron chi connectivity index (χ4n) is 2.26. The smallest absolute Gasteiger partial charge is 0.253 e. The van der Waals surface area contributed by atoms with Crippen molar-refractivity contribution in [2.45, 2.75) is 18.4 Å². The minimum atomic E-state index is -3.52. The number of nitrogens with zero attached hydrogens (tertiary/aromatic N) is 2. The number of benzene rings is 1. The second-order valence-corrected chi connectivity index (χ2v) is 6.82. The highest BCUT2D eigenvalue weighted by molar-refractivity contribution is 7.89. The number of hydrogen-bond donors (Lipinski definition) is 2. The van der Waals surface area contributed by atoms with Gasteiger partial charge in [0.2, 0.25) is 0 Å². The number of nitrogens with two attached hydrogens (primary N) is 1. The van der Waals surface area contributed by atoms with Crippen LogP contribution in [0.15, 0.2) is 23.1 Å². The molecule has 6 nitrogen and oxygen atoms in total. The Morgan fingerprint density at radius 3 is 2.45 bits per heavy atom. The maximum atomic E-state index is 12.4. The summed E-state index contributed by atoms with van der Waals surface area (Å²) in [6.07, 6.45) is 0. The molecule has 0 bridgehead atoms. The molecule has 1 aromatic rings. The highest BCUT2D eigenvalue weighted by Crippen LogP contribution is 2.17. The van der Waals surface area contributed by atoms with Crippen molar-refractivity contribution in [3.05, 3.63) is 29.3 Å². The van der Waals surface area contributed by atoms with Crippen molar-refractivity contribution in [1.82, 2.24) is 14.7 Å². The molecule has 0 unspecified atom stereocenters. The largest absolute Gasteiger partial charge is 0.326 e. The first-order valence-corrected chi connectivity index (χ1v) is 8.16. The van der Waals surface area contributed by atoms with Crippen LogP contribution in [0.2, 0.25) is 0 Å². The Hall–Kier alpha value is -0.990. The molecule has 1 aliphatic heterocycles. The fourth-order valence-corrected chi connectivity index (χ4v) is 3.61. The van der Waals surface area contributed by atoms with E-state index in [9.17, 15) is 8.42 Å². The van der Waals surface area contributed by atoms with Gasteiger partial charge in [0.05, 0.1) is 4.90 Å². The zero-order valence-corrected chi connectivity index (χ0v) is 12.8. The summed E-state index contributed by atoms with van der Waals surface area (Å²) in [6, 6.07) is 5.19. The average molecular weight is 298 g/mol. The van der Waals surface area contributed by atoms with Crippen LogP contribution in [-0.2, 0) is 16.6 Å². The molecule has 7 heteroatoms. The number of piperazine rings is 1. The summed E-state index contributed by atoms with van der Waals surface area (Å²) in [5.41, 5.74) is 7.21. The van der Waals surface area contributed by atoms with Crippen molar-refractivity contribution in [3.8, 4) is 0 Å². The molecule has 0 aromatic heterocycles. The van der Waals surface area contributed by atoms with Crippen LogP contribution >= 0.6 is 0 Å². The first-order valence-electron chi connectivity index (χ1n) is 6.68. The number of aryl methyl sites for hydroxylation is 1. The first-order chi connectivity index (χ1) is 9.42. The lowest BCUT2D eigenvalue weighted by molar-refractivity contribution is 0.135. The number of rotatable bonds is 4. The van der Waals surface area contributed by atoms with Gasteiger partial charge >= 0.3 is 0 Å². The second kappa shape index (κ2) is 6.19. The molecule has 20 heavy (non-hydrogen) atoms. The van der Waals surface area contributed by atoms with Gasteiger partial charge in [0.1, 0.15) is 0 Å². The molecule has 1 aliphatic rings. The minimum absolute atomic E-state index is 0.314. The molecule has 3 N–H and O–H groups in total. The van der Waals surface area contributed by atoms with Gasteiger partial charge in [-0.1, -0.05) is 12.1 Å². The van der Waals surface area contributed by atoms with E-state index in [4.69, 9.17) is 5.73 Å². The van der Waals surface area contributed by atoms with E-state index in [1.54, 1.807) is 24.1 Å². The summed E-state index contributed by atoms with van der Waals surface area (Å²) < 4.78 is 24.8. The predicted molar refractivity (Wildman–Crippen MR) is 78.5 cm³/mol. The van der Waals surface area contributed by atoms with Gasteiger partial charge in [-0.15, -0.1) is 4.83 Å². The molecule has 2 rings (SSSR count). The highest BCUT2D eigenvalue weighted by Gasteiger charge is 2.22. The van der Waals surface area contributed by atoms with Gasteiger partial charge in [-0.25, -0.2) is 13.4 Å². The summed E-state index contributed by atoms with van der Waals surface area (Å²) >= 11 is 0. The Labute approximate surface area is 120 Å². The molecule has 1 aromatic carbocycles. The van der Waals surface area contributed by atoms with E-state index < -0.39 is 10.0 Å². The van der Waals surface area contributed by atoms with E-state index in [2.05, 4.69) is 9.73 Å². The topological polar surface area (TPSA) is 78.7 Å². The first kappa shape index (κ1) is 15.4. The van der Waals surface area contributed by atoms with Gasteiger partial charge in [-0.2, -0.15) is 0 Å². The molecule has 1 saturated heterocycles. The number of likely N-dealkylation sites (N-methyl/N-ethyl adjacent to an activating group) is 1. The summed E-state index contributed by atoms with van der Waals surface area (Å²) in [7, 11) is -1.49. The Kier molecular flexibility index (Phi) is 4.77. The van der Waals surface area contributed by atoms with E-state index in [0.717, 1.165) is 24.2 Å². The molecular weight excluding hydrogens is 276 g/mol. The van der Waals surface area contributed by atoms with Crippen LogP contribution in [-0.4, -0.2) is 51.6 Å². The van der Waals surface area contributed by atoms with Crippen LogP contribution in [0.5, 0.6) is 0 Å². The van der Waals surface area contributed by atoms with E-state index in [1.165, 1.54) is 0 Å². The molecule has 0 saturated carbocycles. The Morgan fingerprint density at radius 2 is 1.90 bits per heavy atom. The van der Waals surface area contributed by atoms with Crippen LogP contribution in [0.1, 0.15) is 11.1 Å². The van der Waals surface area contributed by atoms with Crippen LogP contribution in [0.4, 0.5) is 0 Å². The molecule has 1 heterocycles. The van der Waals surface area contributed by atoms with Crippen LogP contribution in [0.3, 0.4) is 0 Å². The van der Waals surface area contributed by atoms with Crippen molar-refractivity contribution in [3.63, 3.8) is 0 Å². The number of hydrazine groups is 1. The van der Waals surface area contributed by atoms with E-state index in [0.29, 0.717) is 24.5 Å². The van der Waals surface area contributed by atoms with Crippen molar-refractivity contribution in [1.29, 1.82) is 0 Å². The summed E-state index contributed by atoms with van der Waals surface area (Å²) in [5.74, 6) is 0. The molecule has 0 spiro atoms. The zero-order chi connectivity index (χ0) is 14.8. The highest BCUT2D eigenvalue weighted by atomic mass is 32.2. The summed E-state index contributed by atoms with van der Waals surface area (Å²) in [5, 5.41) is 1.76. The van der Waals surface area contributed by atoms with Gasteiger partial charge in [-0.05, 0) is 31.2 Å². The van der Waals surface area contributed by atoms with Gasteiger partial charge < -0.3 is 10.6 Å². The number of hydrogen-bond acceptors (Lipinski definition) is 5. The molecule has 0 amide bonds. The van der Waals surface area contributed by atoms with Crippen molar-refractivity contribution in [2.24, 2.45) is 5.73 Å². The van der Waals surface area contributed by atoms with Crippen molar-refractivity contribution in [2.75, 3.05) is 33.2 Å². The van der Waals surface area contributed by atoms with E-state index in [-0.39, 0.29) is 0 Å². The third-order valence-electron chi connectivity index (χ3n) is 3.52. The fraction of sp³-hybridized carbons (Fsp3) is 0.538. The van der Waals surface area contributed by atoms with Crippen molar-refractivity contribution >= 4 is 10.0 Å². The quantitative estimate of drug-likeness (QED) is 0.811. The van der Waals surface area contributed by atoms with E-state index >= 15 is 0 Å². The second-order valence-electron chi connectivity index (χ2n) is 5.19. The maximum Gasteiger partial charge on any atom is 0.253 e. The molecule has 0 aliphatic carbocycles. The Bertz CT molecular complexity index is 566. The minimum Gasteiger partial charge on any atom is -0.326 e. The van der Waals surface area contributed by atoms with Crippen LogP contribution in [0.25, 0.3) is 0 Å². The molecule has 1 fully saturated rings. The molecule has 0 radical (unpaired) electrons. The lowest BCUT2D eigenvalue weighted by Crippen LogP contribution is -2.52. The zero-order valence-electron chi connectivity index (χ0n) is 12.0. The van der Waals surface area contributed by atoms with Gasteiger partial charge in [0.25, 0.3) is 10.0 Å².